The van der Waals surface area contributed by atoms with Gasteiger partial charge in [0.2, 0.25) is 0 Å². The van der Waals surface area contributed by atoms with Crippen molar-refractivity contribution in [1.82, 2.24) is 10.2 Å². The Morgan fingerprint density at radius 3 is 2.43 bits per heavy atom. The Balaban J connectivity index is 0.00000242. The molecule has 134 valence electrons. The van der Waals surface area contributed by atoms with Crippen LogP contribution >= 0.6 is 24.8 Å². The summed E-state index contributed by atoms with van der Waals surface area (Å²) in [6.45, 7) is 11.0. The Kier molecular flexibility index (Phi) is 10.7. The minimum Gasteiger partial charge on any atom is -0.504 e. The Morgan fingerprint density at radius 1 is 1.22 bits per heavy atom. The van der Waals surface area contributed by atoms with E-state index in [1.165, 1.54) is 0 Å². The first-order valence-electron chi connectivity index (χ1n) is 8.08. The number of hydrogen-bond acceptors (Lipinski definition) is 4. The zero-order valence-corrected chi connectivity index (χ0v) is 15.9. The third kappa shape index (κ3) is 5.42. The van der Waals surface area contributed by atoms with E-state index in [2.05, 4.69) is 24.1 Å². The molecule has 1 aliphatic rings. The first kappa shape index (κ1) is 22.3. The molecule has 1 aromatic rings. The number of hydrogen-bond donors (Lipinski definition) is 2. The van der Waals surface area contributed by atoms with Gasteiger partial charge in [-0.3, -0.25) is 4.90 Å². The van der Waals surface area contributed by atoms with Crippen molar-refractivity contribution in [2.45, 2.75) is 33.2 Å². The fourth-order valence-corrected chi connectivity index (χ4v) is 3.10. The van der Waals surface area contributed by atoms with Crippen molar-refractivity contribution in [1.29, 1.82) is 0 Å². The van der Waals surface area contributed by atoms with E-state index in [1.54, 1.807) is 0 Å². The van der Waals surface area contributed by atoms with E-state index in [0.717, 1.165) is 38.2 Å². The van der Waals surface area contributed by atoms with Gasteiger partial charge in [-0.05, 0) is 18.9 Å². The second kappa shape index (κ2) is 11.0. The average molecular weight is 365 g/mol. The second-order valence-electron chi connectivity index (χ2n) is 5.74. The predicted octanol–water partition coefficient (Wildman–Crippen LogP) is 3.63. The predicted molar refractivity (Wildman–Crippen MR) is 100 cm³/mol. The standard InChI is InChI=1S/C17H28N2O2.2ClH/c1-4-13(3)16(19-11-9-18-10-12-19)14-7-6-8-15(17(14)20)21-5-2;;/h6-8,13,16,18,20H,4-5,9-12H2,1-3H3;2*1H/t13?,16-;;/m1../s1. The number of nitrogens with zero attached hydrogens (tertiary/aromatic N) is 1. The lowest BCUT2D eigenvalue weighted by atomic mass is 9.89. The number of aromatic hydroxyl groups is 1. The van der Waals surface area contributed by atoms with Crippen LogP contribution in [-0.2, 0) is 0 Å². The van der Waals surface area contributed by atoms with Gasteiger partial charge in [-0.15, -0.1) is 24.8 Å². The molecule has 0 aliphatic carbocycles. The molecular weight excluding hydrogens is 335 g/mol. The third-order valence-electron chi connectivity index (χ3n) is 4.38. The van der Waals surface area contributed by atoms with E-state index in [-0.39, 0.29) is 30.9 Å². The van der Waals surface area contributed by atoms with Crippen molar-refractivity contribution in [3.63, 3.8) is 0 Å². The van der Waals surface area contributed by atoms with Crippen molar-refractivity contribution in [3.8, 4) is 11.5 Å². The van der Waals surface area contributed by atoms with Crippen LogP contribution in [0.1, 0.15) is 38.8 Å². The van der Waals surface area contributed by atoms with Crippen LogP contribution in [0.15, 0.2) is 18.2 Å². The molecule has 0 saturated carbocycles. The lowest BCUT2D eigenvalue weighted by Gasteiger charge is -2.38. The highest BCUT2D eigenvalue weighted by molar-refractivity contribution is 5.85. The summed E-state index contributed by atoms with van der Waals surface area (Å²) < 4.78 is 5.55. The zero-order chi connectivity index (χ0) is 15.2. The molecule has 1 aromatic carbocycles. The lowest BCUT2D eigenvalue weighted by molar-refractivity contribution is 0.125. The van der Waals surface area contributed by atoms with Crippen LogP contribution in [0, 0.1) is 5.92 Å². The molecule has 2 N–H and O–H groups in total. The highest BCUT2D eigenvalue weighted by Crippen LogP contribution is 2.40. The topological polar surface area (TPSA) is 44.7 Å². The van der Waals surface area contributed by atoms with Crippen LogP contribution in [0.2, 0.25) is 0 Å². The van der Waals surface area contributed by atoms with Crippen molar-refractivity contribution < 1.29 is 9.84 Å². The number of halogens is 2. The number of benzene rings is 1. The summed E-state index contributed by atoms with van der Waals surface area (Å²) in [7, 11) is 0. The number of rotatable bonds is 6. The monoisotopic (exact) mass is 364 g/mol. The van der Waals surface area contributed by atoms with E-state index >= 15 is 0 Å². The van der Waals surface area contributed by atoms with Crippen molar-refractivity contribution >= 4 is 24.8 Å². The summed E-state index contributed by atoms with van der Waals surface area (Å²) in [5.41, 5.74) is 0.997. The highest BCUT2D eigenvalue weighted by atomic mass is 35.5. The number of phenolic OH excluding ortho intramolecular Hbond substituents is 1. The number of ether oxygens (including phenoxy) is 1. The fourth-order valence-electron chi connectivity index (χ4n) is 3.10. The van der Waals surface area contributed by atoms with Crippen LogP contribution in [-0.4, -0.2) is 42.8 Å². The number of piperazine rings is 1. The van der Waals surface area contributed by atoms with Gasteiger partial charge in [0.25, 0.3) is 0 Å². The second-order valence-corrected chi connectivity index (χ2v) is 5.74. The highest BCUT2D eigenvalue weighted by Gasteiger charge is 2.29. The molecule has 0 bridgehead atoms. The molecule has 23 heavy (non-hydrogen) atoms. The van der Waals surface area contributed by atoms with Gasteiger partial charge in [0.05, 0.1) is 6.61 Å². The smallest absolute Gasteiger partial charge is 0.162 e. The zero-order valence-electron chi connectivity index (χ0n) is 14.2. The van der Waals surface area contributed by atoms with Crippen molar-refractivity contribution in [2.24, 2.45) is 5.92 Å². The summed E-state index contributed by atoms with van der Waals surface area (Å²) in [6.07, 6.45) is 1.09. The van der Waals surface area contributed by atoms with Gasteiger partial charge in [-0.1, -0.05) is 32.4 Å². The van der Waals surface area contributed by atoms with Crippen molar-refractivity contribution in [3.05, 3.63) is 23.8 Å². The molecule has 1 heterocycles. The van der Waals surface area contributed by atoms with Gasteiger partial charge >= 0.3 is 0 Å². The maximum atomic E-state index is 10.6. The van der Waals surface area contributed by atoms with E-state index in [4.69, 9.17) is 4.74 Å². The number of nitrogens with one attached hydrogen (secondary N) is 1. The molecule has 0 amide bonds. The summed E-state index contributed by atoms with van der Waals surface area (Å²) in [5.74, 6) is 1.40. The summed E-state index contributed by atoms with van der Waals surface area (Å²) >= 11 is 0. The SMILES string of the molecule is CCOc1cccc([C@@H](C(C)CC)N2CCNCC2)c1O.Cl.Cl. The Bertz CT molecular complexity index is 454. The first-order valence-corrected chi connectivity index (χ1v) is 8.08. The molecule has 1 aliphatic heterocycles. The maximum absolute atomic E-state index is 10.6. The third-order valence-corrected chi connectivity index (χ3v) is 4.38. The van der Waals surface area contributed by atoms with Gasteiger partial charge in [-0.25, -0.2) is 0 Å². The van der Waals surface area contributed by atoms with Gasteiger partial charge < -0.3 is 15.2 Å². The van der Waals surface area contributed by atoms with Gasteiger partial charge in [0.15, 0.2) is 11.5 Å². The fraction of sp³-hybridized carbons (Fsp3) is 0.647. The van der Waals surface area contributed by atoms with E-state index in [1.807, 2.05) is 25.1 Å². The molecule has 1 saturated heterocycles. The molecule has 1 fully saturated rings. The van der Waals surface area contributed by atoms with Crippen molar-refractivity contribution in [2.75, 3.05) is 32.8 Å². The Hall–Kier alpha value is -0.680. The van der Waals surface area contributed by atoms with Gasteiger partial charge in [0.1, 0.15) is 0 Å². The van der Waals surface area contributed by atoms with Crippen LogP contribution in [0.25, 0.3) is 0 Å². The minimum atomic E-state index is 0. The molecular formula is C17H30Cl2N2O2. The molecule has 2 rings (SSSR count). The summed E-state index contributed by atoms with van der Waals surface area (Å²) in [6, 6.07) is 6.11. The van der Waals surface area contributed by atoms with Crippen LogP contribution < -0.4 is 10.1 Å². The molecule has 6 heteroatoms. The number of phenols is 1. The number of para-hydroxylation sites is 1. The normalized spacial score (nSPS) is 17.5. The molecule has 4 nitrogen and oxygen atoms in total. The van der Waals surface area contributed by atoms with E-state index in [9.17, 15) is 5.11 Å². The quantitative estimate of drug-likeness (QED) is 0.808. The van der Waals surface area contributed by atoms with E-state index in [0.29, 0.717) is 24.0 Å². The summed E-state index contributed by atoms with van der Waals surface area (Å²) in [4.78, 5) is 2.48. The van der Waals surface area contributed by atoms with Gasteiger partial charge in [-0.2, -0.15) is 0 Å². The minimum absolute atomic E-state index is 0. The molecule has 2 atom stereocenters. The van der Waals surface area contributed by atoms with Crippen LogP contribution in [0.4, 0.5) is 0 Å². The van der Waals surface area contributed by atoms with Crippen LogP contribution in [0.3, 0.4) is 0 Å². The van der Waals surface area contributed by atoms with Gasteiger partial charge in [0, 0.05) is 37.8 Å². The average Bonchev–Trinajstić information content (AvgIpc) is 2.52. The summed E-state index contributed by atoms with van der Waals surface area (Å²) in [5, 5.41) is 14.0. The lowest BCUT2D eigenvalue weighted by Crippen LogP contribution is -2.46. The molecule has 1 unspecified atom stereocenters. The van der Waals surface area contributed by atoms with E-state index < -0.39 is 0 Å². The first-order chi connectivity index (χ1) is 10.2. The van der Waals surface area contributed by atoms with Crippen LogP contribution in [0.5, 0.6) is 11.5 Å². The Labute approximate surface area is 152 Å². The Morgan fingerprint density at radius 2 is 1.87 bits per heavy atom. The largest absolute Gasteiger partial charge is 0.504 e. The maximum Gasteiger partial charge on any atom is 0.162 e. The molecule has 0 spiro atoms. The molecule has 0 aromatic heterocycles. The molecule has 0 radical (unpaired) electrons.